The number of hydrogen-bond acceptors (Lipinski definition) is 1. The van der Waals surface area contributed by atoms with Crippen LogP contribution in [0.15, 0.2) is 11.1 Å². The van der Waals surface area contributed by atoms with Gasteiger partial charge in [-0.2, -0.15) is 0 Å². The van der Waals surface area contributed by atoms with Crippen LogP contribution >= 0.6 is 0 Å². The van der Waals surface area contributed by atoms with Gasteiger partial charge in [-0.25, -0.2) is 0 Å². The molecule has 1 aliphatic heterocycles. The maximum Gasteiger partial charge on any atom is 0.00416 e. The highest BCUT2D eigenvalue weighted by atomic mass is 15.1. The van der Waals surface area contributed by atoms with E-state index in [1.807, 2.05) is 0 Å². The van der Waals surface area contributed by atoms with Gasteiger partial charge in [0, 0.05) is 12.5 Å². The van der Waals surface area contributed by atoms with Crippen molar-refractivity contribution in [2.24, 2.45) is 11.8 Å². The Morgan fingerprint density at radius 2 is 2.18 bits per heavy atom. The van der Waals surface area contributed by atoms with Crippen molar-refractivity contribution in [2.45, 2.75) is 20.3 Å². The lowest BCUT2D eigenvalue weighted by Crippen LogP contribution is -2.23. The van der Waals surface area contributed by atoms with Gasteiger partial charge < -0.3 is 4.90 Å². The predicted molar refractivity (Wildman–Crippen MR) is 47.5 cm³/mol. The molecular weight excluding hydrogens is 134 g/mol. The molecule has 1 nitrogen and oxygen atoms in total. The van der Waals surface area contributed by atoms with Crippen molar-refractivity contribution in [1.29, 1.82) is 0 Å². The zero-order valence-electron chi connectivity index (χ0n) is 7.72. The Morgan fingerprint density at radius 1 is 1.45 bits per heavy atom. The Balaban J connectivity index is 2.09. The minimum absolute atomic E-state index is 0.826. The van der Waals surface area contributed by atoms with E-state index in [1.165, 1.54) is 19.5 Å². The molecule has 1 heteroatoms. The molecule has 1 aliphatic carbocycles. The molecule has 0 bridgehead atoms. The SMILES string of the molecule is CC1=C2C1CCN(C)C[C@H]2C. The molecule has 0 N–H and O–H groups in total. The van der Waals surface area contributed by atoms with Crippen LogP contribution in [0.5, 0.6) is 0 Å². The first-order valence-corrected chi connectivity index (χ1v) is 4.59. The van der Waals surface area contributed by atoms with Crippen molar-refractivity contribution in [3.05, 3.63) is 11.1 Å². The fourth-order valence-corrected chi connectivity index (χ4v) is 2.53. The second-order valence-corrected chi connectivity index (χ2v) is 4.14. The molecule has 1 unspecified atom stereocenters. The molecule has 11 heavy (non-hydrogen) atoms. The van der Waals surface area contributed by atoms with E-state index in [0.717, 1.165) is 11.8 Å². The average molecular weight is 151 g/mol. The van der Waals surface area contributed by atoms with E-state index in [9.17, 15) is 0 Å². The second-order valence-electron chi connectivity index (χ2n) is 4.14. The van der Waals surface area contributed by atoms with Crippen LogP contribution in [0.25, 0.3) is 0 Å². The van der Waals surface area contributed by atoms with Gasteiger partial charge in [0.2, 0.25) is 0 Å². The lowest BCUT2D eigenvalue weighted by atomic mass is 10.1. The Hall–Kier alpha value is -0.300. The molecule has 0 aromatic carbocycles. The molecule has 1 saturated heterocycles. The van der Waals surface area contributed by atoms with E-state index < -0.39 is 0 Å². The topological polar surface area (TPSA) is 3.24 Å². The Kier molecular flexibility index (Phi) is 1.57. The Labute approximate surface area is 69.1 Å². The summed E-state index contributed by atoms with van der Waals surface area (Å²) in [6.07, 6.45) is 1.38. The normalized spacial score (nSPS) is 38.5. The van der Waals surface area contributed by atoms with Crippen molar-refractivity contribution in [1.82, 2.24) is 4.90 Å². The number of fused-ring (bicyclic) bond motifs is 1. The lowest BCUT2D eigenvalue weighted by Gasteiger charge is -2.16. The van der Waals surface area contributed by atoms with Crippen molar-refractivity contribution < 1.29 is 0 Å². The molecule has 0 amide bonds. The van der Waals surface area contributed by atoms with Gasteiger partial charge in [-0.3, -0.25) is 0 Å². The molecule has 62 valence electrons. The third-order valence-corrected chi connectivity index (χ3v) is 3.19. The summed E-state index contributed by atoms with van der Waals surface area (Å²) in [5, 5.41) is 0. The van der Waals surface area contributed by atoms with Gasteiger partial charge in [-0.05, 0) is 32.9 Å². The van der Waals surface area contributed by atoms with Crippen LogP contribution in [0.2, 0.25) is 0 Å². The molecule has 0 aromatic rings. The molecule has 2 atom stereocenters. The van der Waals surface area contributed by atoms with Gasteiger partial charge >= 0.3 is 0 Å². The van der Waals surface area contributed by atoms with Gasteiger partial charge in [0.25, 0.3) is 0 Å². The van der Waals surface area contributed by atoms with Crippen molar-refractivity contribution in [3.8, 4) is 0 Å². The fraction of sp³-hybridized carbons (Fsp3) is 0.800. The molecule has 0 spiro atoms. The quantitative estimate of drug-likeness (QED) is 0.478. The minimum Gasteiger partial charge on any atom is -0.306 e. The maximum atomic E-state index is 2.46. The molecule has 2 aliphatic rings. The monoisotopic (exact) mass is 151 g/mol. The van der Waals surface area contributed by atoms with Gasteiger partial charge in [-0.15, -0.1) is 0 Å². The van der Waals surface area contributed by atoms with Gasteiger partial charge in [-0.1, -0.05) is 18.1 Å². The number of nitrogens with zero attached hydrogens (tertiary/aromatic N) is 1. The smallest absolute Gasteiger partial charge is 0.00416 e. The van der Waals surface area contributed by atoms with E-state index in [-0.39, 0.29) is 0 Å². The summed E-state index contributed by atoms with van der Waals surface area (Å²) in [7, 11) is 2.23. The predicted octanol–water partition coefficient (Wildman–Crippen LogP) is 1.90. The number of allylic oxidation sites excluding steroid dienone is 1. The third-order valence-electron chi connectivity index (χ3n) is 3.19. The summed E-state index contributed by atoms with van der Waals surface area (Å²) in [6, 6.07) is 0. The van der Waals surface area contributed by atoms with Crippen LogP contribution in [0.1, 0.15) is 20.3 Å². The summed E-state index contributed by atoms with van der Waals surface area (Å²) in [5.41, 5.74) is 3.47. The molecule has 0 aromatic heterocycles. The van der Waals surface area contributed by atoms with Crippen molar-refractivity contribution in [3.63, 3.8) is 0 Å². The number of rotatable bonds is 0. The molecule has 0 saturated carbocycles. The van der Waals surface area contributed by atoms with Gasteiger partial charge in [0.15, 0.2) is 0 Å². The Morgan fingerprint density at radius 3 is 2.91 bits per heavy atom. The zero-order chi connectivity index (χ0) is 8.01. The average Bonchev–Trinajstić information content (AvgIpc) is 2.58. The van der Waals surface area contributed by atoms with Crippen LogP contribution in [-0.4, -0.2) is 25.0 Å². The van der Waals surface area contributed by atoms with Crippen LogP contribution in [-0.2, 0) is 0 Å². The second kappa shape index (κ2) is 2.34. The van der Waals surface area contributed by atoms with Crippen molar-refractivity contribution in [2.75, 3.05) is 20.1 Å². The summed E-state index contributed by atoms with van der Waals surface area (Å²) >= 11 is 0. The summed E-state index contributed by atoms with van der Waals surface area (Å²) in [4.78, 5) is 2.46. The highest BCUT2D eigenvalue weighted by Gasteiger charge is 2.37. The fourth-order valence-electron chi connectivity index (χ4n) is 2.53. The zero-order valence-corrected chi connectivity index (χ0v) is 7.72. The molecule has 1 heterocycles. The van der Waals surface area contributed by atoms with E-state index >= 15 is 0 Å². The third kappa shape index (κ3) is 1.12. The summed E-state index contributed by atoms with van der Waals surface area (Å²) in [5.74, 6) is 1.74. The van der Waals surface area contributed by atoms with Gasteiger partial charge in [0.1, 0.15) is 0 Å². The Bertz CT molecular complexity index is 205. The highest BCUT2D eigenvalue weighted by molar-refractivity contribution is 5.41. The first kappa shape index (κ1) is 7.35. The van der Waals surface area contributed by atoms with E-state index in [4.69, 9.17) is 0 Å². The number of likely N-dealkylation sites (tertiary alicyclic amines) is 1. The van der Waals surface area contributed by atoms with Gasteiger partial charge in [0.05, 0.1) is 0 Å². The first-order chi connectivity index (χ1) is 5.20. The number of hydrogen-bond donors (Lipinski definition) is 0. The lowest BCUT2D eigenvalue weighted by molar-refractivity contribution is 0.316. The highest BCUT2D eigenvalue weighted by Crippen LogP contribution is 2.47. The summed E-state index contributed by atoms with van der Waals surface area (Å²) < 4.78 is 0. The van der Waals surface area contributed by atoms with Crippen LogP contribution < -0.4 is 0 Å². The molecule has 1 fully saturated rings. The maximum absolute atomic E-state index is 2.46. The first-order valence-electron chi connectivity index (χ1n) is 4.59. The molecular formula is C10H17N. The van der Waals surface area contributed by atoms with Crippen LogP contribution in [0.4, 0.5) is 0 Å². The van der Waals surface area contributed by atoms with E-state index in [0.29, 0.717) is 0 Å². The largest absolute Gasteiger partial charge is 0.306 e. The molecule has 0 radical (unpaired) electrons. The van der Waals surface area contributed by atoms with Crippen molar-refractivity contribution >= 4 is 0 Å². The summed E-state index contributed by atoms with van der Waals surface area (Å²) in [6.45, 7) is 7.22. The molecule has 2 rings (SSSR count). The van der Waals surface area contributed by atoms with E-state index in [2.05, 4.69) is 25.8 Å². The standard InChI is InChI=1S/C10H17N/c1-7-6-11(3)5-4-9-8(2)10(7)9/h7,9H,4-6H2,1-3H3/t7-,9?/m1/s1. The minimum atomic E-state index is 0.826. The van der Waals surface area contributed by atoms with Crippen LogP contribution in [0.3, 0.4) is 0 Å². The van der Waals surface area contributed by atoms with Crippen LogP contribution in [0, 0.1) is 11.8 Å². The van der Waals surface area contributed by atoms with E-state index in [1.54, 1.807) is 11.1 Å².